The third-order valence-electron chi connectivity index (χ3n) is 3.29. The van der Waals surface area contributed by atoms with Crippen molar-refractivity contribution in [1.29, 1.82) is 0 Å². The van der Waals surface area contributed by atoms with Gasteiger partial charge in [-0.25, -0.2) is 0 Å². The molecule has 1 amide bonds. The maximum absolute atomic E-state index is 12.5. The maximum Gasteiger partial charge on any atom is 0.254 e. The van der Waals surface area contributed by atoms with Crippen molar-refractivity contribution in [2.24, 2.45) is 10.9 Å². The minimum absolute atomic E-state index is 0.0622. The van der Waals surface area contributed by atoms with Gasteiger partial charge >= 0.3 is 0 Å². The number of hydrogen-bond donors (Lipinski definition) is 2. The lowest BCUT2D eigenvalue weighted by molar-refractivity contribution is -0.151. The Kier molecular flexibility index (Phi) is 6.04. The second-order valence-corrected chi connectivity index (χ2v) is 4.81. The summed E-state index contributed by atoms with van der Waals surface area (Å²) in [7, 11) is 1.58. The van der Waals surface area contributed by atoms with Crippen LogP contribution >= 0.6 is 0 Å². The molecule has 0 aromatic rings. The SMILES string of the molecule is COCCN(CCC(N)=NO)C(=O)C1(C)CCCO1. The Morgan fingerprint density at radius 2 is 2.32 bits per heavy atom. The first kappa shape index (κ1) is 15.7. The van der Waals surface area contributed by atoms with E-state index in [-0.39, 0.29) is 11.7 Å². The highest BCUT2D eigenvalue weighted by atomic mass is 16.5. The molecule has 110 valence electrons. The number of carbonyl (C=O) groups excluding carboxylic acids is 1. The second kappa shape index (κ2) is 7.30. The fourth-order valence-electron chi connectivity index (χ4n) is 2.10. The van der Waals surface area contributed by atoms with Gasteiger partial charge in [-0.05, 0) is 19.8 Å². The maximum atomic E-state index is 12.5. The van der Waals surface area contributed by atoms with Gasteiger partial charge in [0, 0.05) is 33.2 Å². The topological polar surface area (TPSA) is 97.4 Å². The van der Waals surface area contributed by atoms with Crippen LogP contribution in [0.4, 0.5) is 0 Å². The summed E-state index contributed by atoms with van der Waals surface area (Å²) in [6.07, 6.45) is 1.93. The van der Waals surface area contributed by atoms with Crippen molar-refractivity contribution in [1.82, 2.24) is 4.90 Å². The fourth-order valence-corrected chi connectivity index (χ4v) is 2.10. The zero-order valence-corrected chi connectivity index (χ0v) is 11.6. The predicted molar refractivity (Wildman–Crippen MR) is 70.1 cm³/mol. The highest BCUT2D eigenvalue weighted by Crippen LogP contribution is 2.27. The average Bonchev–Trinajstić information content (AvgIpc) is 2.86. The van der Waals surface area contributed by atoms with E-state index >= 15 is 0 Å². The van der Waals surface area contributed by atoms with Gasteiger partial charge in [0.25, 0.3) is 5.91 Å². The van der Waals surface area contributed by atoms with Crippen LogP contribution in [0.1, 0.15) is 26.2 Å². The van der Waals surface area contributed by atoms with Crippen molar-refractivity contribution in [2.45, 2.75) is 31.8 Å². The van der Waals surface area contributed by atoms with E-state index in [0.717, 1.165) is 12.8 Å². The Labute approximate surface area is 113 Å². The third-order valence-corrected chi connectivity index (χ3v) is 3.29. The molecule has 0 aliphatic carbocycles. The van der Waals surface area contributed by atoms with Gasteiger partial charge in [0.1, 0.15) is 11.4 Å². The van der Waals surface area contributed by atoms with E-state index in [0.29, 0.717) is 32.7 Å². The molecule has 0 radical (unpaired) electrons. The van der Waals surface area contributed by atoms with E-state index in [9.17, 15) is 4.79 Å². The highest BCUT2D eigenvalue weighted by molar-refractivity contribution is 5.86. The van der Waals surface area contributed by atoms with Crippen LogP contribution in [0.15, 0.2) is 5.16 Å². The van der Waals surface area contributed by atoms with Crippen LogP contribution in [0.25, 0.3) is 0 Å². The summed E-state index contributed by atoms with van der Waals surface area (Å²) >= 11 is 0. The molecule has 19 heavy (non-hydrogen) atoms. The molecule has 0 spiro atoms. The zero-order valence-electron chi connectivity index (χ0n) is 11.6. The summed E-state index contributed by atoms with van der Waals surface area (Å²) in [6.45, 7) is 3.72. The lowest BCUT2D eigenvalue weighted by Crippen LogP contribution is -2.48. The van der Waals surface area contributed by atoms with Gasteiger partial charge in [-0.1, -0.05) is 5.16 Å². The predicted octanol–water partition coefficient (Wildman–Crippen LogP) is 0.167. The molecule has 3 N–H and O–H groups in total. The largest absolute Gasteiger partial charge is 0.409 e. The first-order valence-corrected chi connectivity index (χ1v) is 6.42. The number of methoxy groups -OCH3 is 1. The summed E-state index contributed by atoms with van der Waals surface area (Å²) in [6, 6.07) is 0. The van der Waals surface area contributed by atoms with Gasteiger partial charge in [0.15, 0.2) is 0 Å². The number of carbonyl (C=O) groups is 1. The van der Waals surface area contributed by atoms with Gasteiger partial charge < -0.3 is 25.3 Å². The van der Waals surface area contributed by atoms with Gasteiger partial charge in [-0.15, -0.1) is 0 Å². The minimum atomic E-state index is -0.751. The quantitative estimate of drug-likeness (QED) is 0.298. The molecule has 1 atom stereocenters. The fraction of sp³-hybridized carbons (Fsp3) is 0.833. The van der Waals surface area contributed by atoms with Crippen molar-refractivity contribution in [3.8, 4) is 0 Å². The Morgan fingerprint density at radius 3 is 2.84 bits per heavy atom. The van der Waals surface area contributed by atoms with E-state index in [1.54, 1.807) is 12.0 Å². The summed E-state index contributed by atoms with van der Waals surface area (Å²) in [5, 5.41) is 11.4. The number of oxime groups is 1. The zero-order chi connectivity index (χ0) is 14.3. The van der Waals surface area contributed by atoms with Crippen LogP contribution in [-0.2, 0) is 14.3 Å². The molecule has 1 unspecified atom stereocenters. The van der Waals surface area contributed by atoms with Gasteiger partial charge in [-0.2, -0.15) is 0 Å². The molecule has 0 saturated carbocycles. The van der Waals surface area contributed by atoms with Gasteiger partial charge in [0.2, 0.25) is 0 Å². The second-order valence-electron chi connectivity index (χ2n) is 4.81. The van der Waals surface area contributed by atoms with Crippen LogP contribution in [-0.4, -0.2) is 60.9 Å². The standard InChI is InChI=1S/C12H23N3O4/c1-12(5-3-8-19-12)11(16)15(7-9-18-2)6-4-10(13)14-17/h17H,3-9H2,1-2H3,(H2,13,14). The number of amidine groups is 1. The van der Waals surface area contributed by atoms with Gasteiger partial charge in [0.05, 0.1) is 6.61 Å². The molecular weight excluding hydrogens is 250 g/mol. The molecule has 1 aliphatic rings. The summed E-state index contributed by atoms with van der Waals surface area (Å²) in [5.41, 5.74) is 4.68. The van der Waals surface area contributed by atoms with Crippen molar-refractivity contribution >= 4 is 11.7 Å². The highest BCUT2D eigenvalue weighted by Gasteiger charge is 2.40. The molecule has 1 heterocycles. The number of hydrogen-bond acceptors (Lipinski definition) is 5. The number of nitrogens with two attached hydrogens (primary N) is 1. The van der Waals surface area contributed by atoms with Crippen molar-refractivity contribution in [3.63, 3.8) is 0 Å². The van der Waals surface area contributed by atoms with Crippen LogP contribution in [0.3, 0.4) is 0 Å². The van der Waals surface area contributed by atoms with Gasteiger partial charge in [-0.3, -0.25) is 4.79 Å². The minimum Gasteiger partial charge on any atom is -0.409 e. The van der Waals surface area contributed by atoms with E-state index in [1.807, 2.05) is 6.92 Å². The van der Waals surface area contributed by atoms with Crippen LogP contribution < -0.4 is 5.73 Å². The number of nitrogens with zero attached hydrogens (tertiary/aromatic N) is 2. The third kappa shape index (κ3) is 4.36. The smallest absolute Gasteiger partial charge is 0.254 e. The van der Waals surface area contributed by atoms with Crippen molar-refractivity contribution in [3.05, 3.63) is 0 Å². The molecular formula is C12H23N3O4. The molecule has 7 nitrogen and oxygen atoms in total. The van der Waals surface area contributed by atoms with E-state index in [1.165, 1.54) is 0 Å². The summed E-state index contributed by atoms with van der Waals surface area (Å²) < 4.78 is 10.6. The normalized spacial score (nSPS) is 23.6. The summed E-state index contributed by atoms with van der Waals surface area (Å²) in [4.78, 5) is 14.1. The van der Waals surface area contributed by atoms with E-state index in [2.05, 4.69) is 5.16 Å². The number of rotatable bonds is 7. The molecule has 0 aromatic carbocycles. The summed E-state index contributed by atoms with van der Waals surface area (Å²) in [5.74, 6) is 0.0421. The van der Waals surface area contributed by atoms with E-state index < -0.39 is 5.60 Å². The number of amides is 1. The molecule has 1 fully saturated rings. The van der Waals surface area contributed by atoms with Crippen LogP contribution in [0.2, 0.25) is 0 Å². The monoisotopic (exact) mass is 273 g/mol. The lowest BCUT2D eigenvalue weighted by Gasteiger charge is -2.31. The molecule has 0 bridgehead atoms. The molecule has 1 aliphatic heterocycles. The van der Waals surface area contributed by atoms with E-state index in [4.69, 9.17) is 20.4 Å². The Hall–Kier alpha value is -1.34. The van der Waals surface area contributed by atoms with Crippen molar-refractivity contribution < 1.29 is 19.5 Å². The molecule has 1 rings (SSSR count). The van der Waals surface area contributed by atoms with Crippen LogP contribution in [0.5, 0.6) is 0 Å². The molecule has 1 saturated heterocycles. The Bertz CT molecular complexity index is 327. The molecule has 7 heteroatoms. The Morgan fingerprint density at radius 1 is 1.58 bits per heavy atom. The van der Waals surface area contributed by atoms with Crippen molar-refractivity contribution in [2.75, 3.05) is 33.4 Å². The first-order valence-electron chi connectivity index (χ1n) is 6.42. The first-order chi connectivity index (χ1) is 9.03. The average molecular weight is 273 g/mol. The molecule has 0 aromatic heterocycles. The lowest BCUT2D eigenvalue weighted by atomic mass is 10.0. The Balaban J connectivity index is 2.63. The number of ether oxygens (including phenoxy) is 2. The van der Waals surface area contributed by atoms with Crippen LogP contribution in [0, 0.1) is 0 Å².